The zero-order valence-electron chi connectivity index (χ0n) is 9.68. The van der Waals surface area contributed by atoms with E-state index in [1.807, 2.05) is 31.2 Å². The normalized spacial score (nSPS) is 13.2. The van der Waals surface area contributed by atoms with Crippen LogP contribution in [0.5, 0.6) is 0 Å². The van der Waals surface area contributed by atoms with E-state index in [-0.39, 0.29) is 6.10 Å². The Morgan fingerprint density at radius 1 is 1.56 bits per heavy atom. The van der Waals surface area contributed by atoms with Crippen LogP contribution in [0.3, 0.4) is 0 Å². The lowest BCUT2D eigenvalue weighted by Gasteiger charge is -2.13. The van der Waals surface area contributed by atoms with Gasteiger partial charge in [0, 0.05) is 12.0 Å². The molecule has 1 N–H and O–H groups in total. The Hall–Kier alpha value is -1.77. The molecule has 1 atom stereocenters. The average molecular weight is 219 g/mol. The summed E-state index contributed by atoms with van der Waals surface area (Å²) in [5.41, 5.74) is 2.66. The third-order valence-electron chi connectivity index (χ3n) is 2.39. The van der Waals surface area contributed by atoms with Crippen molar-refractivity contribution in [3.05, 3.63) is 48.2 Å². The van der Waals surface area contributed by atoms with Gasteiger partial charge in [-0.25, -0.2) is 0 Å². The number of nitrogens with zero attached hydrogens (tertiary/aromatic N) is 1. The van der Waals surface area contributed by atoms with Crippen LogP contribution in [0.2, 0.25) is 0 Å². The number of oxime groups is 1. The molecule has 0 aliphatic carbocycles. The van der Waals surface area contributed by atoms with Gasteiger partial charge in [0.2, 0.25) is 0 Å². The molecule has 0 fully saturated rings. The molecular formula is C13H17NO2. The van der Waals surface area contributed by atoms with Crippen molar-refractivity contribution in [1.82, 2.24) is 0 Å². The SMILES string of the molecule is C=COC(C)Cc1ccccc1C(C)=NO. The van der Waals surface area contributed by atoms with Crippen LogP contribution in [0.1, 0.15) is 25.0 Å². The Balaban J connectivity index is 2.91. The monoisotopic (exact) mass is 219 g/mol. The summed E-state index contributed by atoms with van der Waals surface area (Å²) in [6, 6.07) is 7.83. The van der Waals surface area contributed by atoms with E-state index in [1.165, 1.54) is 6.26 Å². The smallest absolute Gasteiger partial charge is 0.0990 e. The second-order valence-corrected chi connectivity index (χ2v) is 3.66. The van der Waals surface area contributed by atoms with E-state index in [4.69, 9.17) is 9.94 Å². The molecule has 0 heterocycles. The van der Waals surface area contributed by atoms with Crippen LogP contribution in [-0.2, 0) is 11.2 Å². The van der Waals surface area contributed by atoms with Gasteiger partial charge in [0.15, 0.2) is 0 Å². The molecule has 0 bridgehead atoms. The first kappa shape index (κ1) is 12.3. The predicted molar refractivity (Wildman–Crippen MR) is 64.9 cm³/mol. The molecule has 0 radical (unpaired) electrons. The number of ether oxygens (including phenoxy) is 1. The van der Waals surface area contributed by atoms with Gasteiger partial charge in [-0.15, -0.1) is 0 Å². The van der Waals surface area contributed by atoms with Gasteiger partial charge >= 0.3 is 0 Å². The largest absolute Gasteiger partial charge is 0.499 e. The van der Waals surface area contributed by atoms with Crippen LogP contribution in [0.4, 0.5) is 0 Å². The fourth-order valence-corrected chi connectivity index (χ4v) is 1.63. The van der Waals surface area contributed by atoms with Crippen molar-refractivity contribution in [2.45, 2.75) is 26.4 Å². The molecule has 16 heavy (non-hydrogen) atoms. The Bertz CT molecular complexity index is 385. The van der Waals surface area contributed by atoms with Crippen molar-refractivity contribution in [2.75, 3.05) is 0 Å². The van der Waals surface area contributed by atoms with Crippen molar-refractivity contribution in [3.63, 3.8) is 0 Å². The van der Waals surface area contributed by atoms with Crippen molar-refractivity contribution in [1.29, 1.82) is 0 Å². The maximum absolute atomic E-state index is 8.79. The van der Waals surface area contributed by atoms with Gasteiger partial charge in [-0.2, -0.15) is 0 Å². The summed E-state index contributed by atoms with van der Waals surface area (Å²) in [6.07, 6.45) is 2.26. The predicted octanol–water partition coefficient (Wildman–Crippen LogP) is 2.98. The van der Waals surface area contributed by atoms with Gasteiger partial charge in [-0.3, -0.25) is 0 Å². The van der Waals surface area contributed by atoms with Crippen LogP contribution in [0.15, 0.2) is 42.3 Å². The third-order valence-corrected chi connectivity index (χ3v) is 2.39. The Morgan fingerprint density at radius 2 is 2.25 bits per heavy atom. The van der Waals surface area contributed by atoms with Crippen LogP contribution < -0.4 is 0 Å². The lowest BCUT2D eigenvalue weighted by atomic mass is 9.99. The fraction of sp³-hybridized carbons (Fsp3) is 0.308. The van der Waals surface area contributed by atoms with Crippen molar-refractivity contribution in [2.24, 2.45) is 5.16 Å². The van der Waals surface area contributed by atoms with Gasteiger partial charge in [-0.05, 0) is 19.4 Å². The first-order valence-corrected chi connectivity index (χ1v) is 5.22. The molecule has 0 spiro atoms. The molecule has 3 nitrogen and oxygen atoms in total. The van der Waals surface area contributed by atoms with Crippen LogP contribution in [-0.4, -0.2) is 17.0 Å². The molecule has 0 saturated heterocycles. The van der Waals surface area contributed by atoms with Crippen molar-refractivity contribution >= 4 is 5.71 Å². The molecule has 1 rings (SSSR count). The average Bonchev–Trinajstić information content (AvgIpc) is 2.29. The van der Waals surface area contributed by atoms with Crippen LogP contribution >= 0.6 is 0 Å². The Labute approximate surface area is 96.1 Å². The Kier molecular flexibility index (Phi) is 4.58. The van der Waals surface area contributed by atoms with Crippen LogP contribution in [0, 0.1) is 0 Å². The molecule has 1 aromatic carbocycles. The second kappa shape index (κ2) is 5.95. The van der Waals surface area contributed by atoms with E-state index in [1.54, 1.807) is 6.92 Å². The highest BCUT2D eigenvalue weighted by atomic mass is 16.5. The lowest BCUT2D eigenvalue weighted by molar-refractivity contribution is 0.163. The van der Waals surface area contributed by atoms with E-state index < -0.39 is 0 Å². The number of hydrogen-bond acceptors (Lipinski definition) is 3. The molecule has 3 heteroatoms. The van der Waals surface area contributed by atoms with Crippen molar-refractivity contribution in [3.8, 4) is 0 Å². The van der Waals surface area contributed by atoms with Gasteiger partial charge in [0.05, 0.1) is 18.1 Å². The summed E-state index contributed by atoms with van der Waals surface area (Å²) in [5, 5.41) is 12.0. The third kappa shape index (κ3) is 3.12. The minimum Gasteiger partial charge on any atom is -0.499 e. The Morgan fingerprint density at radius 3 is 2.88 bits per heavy atom. The minimum absolute atomic E-state index is 0.0603. The first-order chi connectivity index (χ1) is 7.69. The summed E-state index contributed by atoms with van der Waals surface area (Å²) >= 11 is 0. The second-order valence-electron chi connectivity index (χ2n) is 3.66. The topological polar surface area (TPSA) is 41.8 Å². The number of benzene rings is 1. The minimum atomic E-state index is 0.0603. The van der Waals surface area contributed by atoms with E-state index >= 15 is 0 Å². The van der Waals surface area contributed by atoms with E-state index in [0.717, 1.165) is 17.5 Å². The molecule has 0 aliphatic rings. The maximum atomic E-state index is 8.79. The lowest BCUT2D eigenvalue weighted by Crippen LogP contribution is -2.11. The number of hydrogen-bond donors (Lipinski definition) is 1. The van der Waals surface area contributed by atoms with Gasteiger partial charge in [0.1, 0.15) is 0 Å². The molecule has 86 valence electrons. The van der Waals surface area contributed by atoms with E-state index in [9.17, 15) is 0 Å². The molecule has 0 aromatic heterocycles. The highest BCUT2D eigenvalue weighted by molar-refractivity contribution is 5.99. The molecule has 1 aromatic rings. The zero-order valence-corrected chi connectivity index (χ0v) is 9.68. The standard InChI is InChI=1S/C13H17NO2/c1-4-16-10(2)9-12-7-5-6-8-13(12)11(3)14-15/h4-8,10,15H,1,9H2,2-3H3. The van der Waals surface area contributed by atoms with Crippen molar-refractivity contribution < 1.29 is 9.94 Å². The summed E-state index contributed by atoms with van der Waals surface area (Å²) in [7, 11) is 0. The molecule has 1 unspecified atom stereocenters. The highest BCUT2D eigenvalue weighted by Crippen LogP contribution is 2.13. The summed E-state index contributed by atoms with van der Waals surface area (Å²) in [6.45, 7) is 7.28. The van der Waals surface area contributed by atoms with Gasteiger partial charge < -0.3 is 9.94 Å². The maximum Gasteiger partial charge on any atom is 0.0990 e. The molecule has 0 aliphatic heterocycles. The van der Waals surface area contributed by atoms with E-state index in [2.05, 4.69) is 11.7 Å². The summed E-state index contributed by atoms with van der Waals surface area (Å²) < 4.78 is 5.28. The van der Waals surface area contributed by atoms with Gasteiger partial charge in [0.25, 0.3) is 0 Å². The van der Waals surface area contributed by atoms with Gasteiger partial charge in [-0.1, -0.05) is 36.0 Å². The van der Waals surface area contributed by atoms with E-state index in [0.29, 0.717) is 5.71 Å². The zero-order chi connectivity index (χ0) is 12.0. The summed E-state index contributed by atoms with van der Waals surface area (Å²) in [4.78, 5) is 0. The fourth-order valence-electron chi connectivity index (χ4n) is 1.63. The molecular weight excluding hydrogens is 202 g/mol. The summed E-state index contributed by atoms with van der Waals surface area (Å²) in [5.74, 6) is 0. The first-order valence-electron chi connectivity index (χ1n) is 5.22. The number of rotatable bonds is 5. The highest BCUT2D eigenvalue weighted by Gasteiger charge is 2.09. The molecule has 0 amide bonds. The quantitative estimate of drug-likeness (QED) is 0.358. The molecule has 0 saturated carbocycles. The van der Waals surface area contributed by atoms with Crippen LogP contribution in [0.25, 0.3) is 0 Å².